The normalized spacial score (nSPS) is 15.2. The zero-order chi connectivity index (χ0) is 6.97. The van der Waals surface area contributed by atoms with Gasteiger partial charge >= 0.3 is 0 Å². The molecule has 1 aliphatic rings. The highest BCUT2D eigenvalue weighted by atomic mass is 32.2. The van der Waals surface area contributed by atoms with Crippen LogP contribution in [0.3, 0.4) is 0 Å². The molecule has 10 heavy (non-hydrogen) atoms. The van der Waals surface area contributed by atoms with E-state index in [4.69, 9.17) is 5.73 Å². The van der Waals surface area contributed by atoms with Crippen LogP contribution in [-0.2, 0) is 0 Å². The van der Waals surface area contributed by atoms with Crippen molar-refractivity contribution < 1.29 is 0 Å². The average molecular weight is 169 g/mol. The van der Waals surface area contributed by atoms with Crippen molar-refractivity contribution in [3.05, 3.63) is 18.2 Å². The molecule has 1 heterocycles. The van der Waals surface area contributed by atoms with Crippen LogP contribution in [0.4, 0.5) is 5.69 Å². The molecule has 0 fully saturated rings. The van der Waals surface area contributed by atoms with Gasteiger partial charge in [-0.2, -0.15) is 0 Å². The van der Waals surface area contributed by atoms with Gasteiger partial charge in [-0.1, -0.05) is 0 Å². The Morgan fingerprint density at radius 2 is 2.00 bits per heavy atom. The van der Waals surface area contributed by atoms with E-state index >= 15 is 0 Å². The predicted octanol–water partition coefficient (Wildman–Crippen LogP) is 2.42. The predicted molar refractivity (Wildman–Crippen MR) is 47.4 cm³/mol. The fraction of sp³-hybridized carbons (Fsp3) is 0.143. The van der Waals surface area contributed by atoms with Crippen molar-refractivity contribution in [1.82, 2.24) is 0 Å². The molecular formula is C7H7NS2. The molecule has 0 bridgehead atoms. The van der Waals surface area contributed by atoms with Gasteiger partial charge in [0, 0.05) is 20.6 Å². The Bertz CT molecular complexity index is 260. The van der Waals surface area contributed by atoms with Crippen LogP contribution >= 0.6 is 23.5 Å². The minimum atomic E-state index is 0.869. The molecule has 2 N–H and O–H groups in total. The van der Waals surface area contributed by atoms with Crippen LogP contribution in [0.25, 0.3) is 0 Å². The first-order chi connectivity index (χ1) is 4.86. The smallest absolute Gasteiger partial charge is 0.0487 e. The number of thioether (sulfide) groups is 2. The summed E-state index contributed by atoms with van der Waals surface area (Å²) < 4.78 is 0. The molecular weight excluding hydrogens is 162 g/mol. The number of hydrogen-bond donors (Lipinski definition) is 1. The van der Waals surface area contributed by atoms with E-state index in [1.54, 1.807) is 0 Å². The number of nitrogen functional groups attached to an aromatic ring is 1. The van der Waals surface area contributed by atoms with E-state index in [9.17, 15) is 0 Å². The first-order valence-electron chi connectivity index (χ1n) is 3.01. The molecule has 1 nitrogen and oxygen atoms in total. The number of nitrogens with two attached hydrogens (primary N) is 1. The van der Waals surface area contributed by atoms with Gasteiger partial charge < -0.3 is 5.73 Å². The molecule has 0 aliphatic carbocycles. The molecule has 1 aromatic carbocycles. The molecule has 52 valence electrons. The maximum absolute atomic E-state index is 5.61. The molecule has 0 atom stereocenters. The first kappa shape index (κ1) is 6.43. The molecule has 0 spiro atoms. The van der Waals surface area contributed by atoms with Crippen LogP contribution in [0.15, 0.2) is 28.0 Å². The van der Waals surface area contributed by atoms with Crippen LogP contribution in [-0.4, -0.2) is 5.08 Å². The minimum Gasteiger partial charge on any atom is -0.399 e. The van der Waals surface area contributed by atoms with Crippen LogP contribution in [0.5, 0.6) is 0 Å². The van der Waals surface area contributed by atoms with Gasteiger partial charge in [-0.05, 0) is 18.2 Å². The second-order valence-electron chi connectivity index (χ2n) is 2.11. The second kappa shape index (κ2) is 2.40. The number of anilines is 1. The summed E-state index contributed by atoms with van der Waals surface area (Å²) in [6, 6.07) is 6.09. The maximum Gasteiger partial charge on any atom is 0.0487 e. The average Bonchev–Trinajstić information content (AvgIpc) is 2.33. The monoisotopic (exact) mass is 169 g/mol. The third-order valence-corrected chi connectivity index (χ3v) is 3.78. The molecule has 0 amide bonds. The van der Waals surface area contributed by atoms with Gasteiger partial charge in [-0.3, -0.25) is 0 Å². The summed E-state index contributed by atoms with van der Waals surface area (Å²) >= 11 is 3.75. The molecule has 3 heteroatoms. The van der Waals surface area contributed by atoms with Crippen molar-refractivity contribution in [2.45, 2.75) is 9.79 Å². The van der Waals surface area contributed by atoms with E-state index in [-0.39, 0.29) is 0 Å². The summed E-state index contributed by atoms with van der Waals surface area (Å²) in [6.07, 6.45) is 0. The zero-order valence-electron chi connectivity index (χ0n) is 5.33. The molecule has 0 saturated carbocycles. The second-order valence-corrected chi connectivity index (χ2v) is 4.51. The Hall–Kier alpha value is -0.280. The summed E-state index contributed by atoms with van der Waals surface area (Å²) in [5, 5.41) is 1.14. The minimum absolute atomic E-state index is 0.869. The quantitative estimate of drug-likeness (QED) is 0.604. The lowest BCUT2D eigenvalue weighted by molar-refractivity contribution is 1.27. The molecule has 0 saturated heterocycles. The lowest BCUT2D eigenvalue weighted by Crippen LogP contribution is -1.83. The first-order valence-corrected chi connectivity index (χ1v) is 4.98. The van der Waals surface area contributed by atoms with E-state index in [2.05, 4.69) is 6.07 Å². The van der Waals surface area contributed by atoms with Gasteiger partial charge in [0.15, 0.2) is 0 Å². The van der Waals surface area contributed by atoms with Crippen molar-refractivity contribution in [2.24, 2.45) is 0 Å². The molecule has 1 aliphatic heterocycles. The van der Waals surface area contributed by atoms with Crippen LogP contribution < -0.4 is 5.73 Å². The zero-order valence-corrected chi connectivity index (χ0v) is 6.97. The van der Waals surface area contributed by atoms with Crippen LogP contribution in [0, 0.1) is 0 Å². The van der Waals surface area contributed by atoms with Gasteiger partial charge in [0.1, 0.15) is 0 Å². The Morgan fingerprint density at radius 1 is 1.20 bits per heavy atom. The van der Waals surface area contributed by atoms with Gasteiger partial charge in [0.05, 0.1) is 0 Å². The largest absolute Gasteiger partial charge is 0.399 e. The molecule has 1 aromatic rings. The highest BCUT2D eigenvalue weighted by molar-refractivity contribution is 8.18. The van der Waals surface area contributed by atoms with E-state index in [0.29, 0.717) is 0 Å². The fourth-order valence-electron chi connectivity index (χ4n) is 0.913. The Kier molecular flexibility index (Phi) is 1.54. The van der Waals surface area contributed by atoms with Gasteiger partial charge in [-0.15, -0.1) is 23.5 Å². The Balaban J connectivity index is 2.52. The maximum atomic E-state index is 5.61. The molecule has 2 rings (SSSR count). The number of fused-ring (bicyclic) bond motifs is 1. The van der Waals surface area contributed by atoms with Crippen LogP contribution in [0.1, 0.15) is 0 Å². The topological polar surface area (TPSA) is 26.0 Å². The lowest BCUT2D eigenvalue weighted by atomic mass is 10.3. The van der Waals surface area contributed by atoms with E-state index < -0.39 is 0 Å². The van der Waals surface area contributed by atoms with Gasteiger partial charge in [0.25, 0.3) is 0 Å². The van der Waals surface area contributed by atoms with Crippen molar-refractivity contribution in [3.8, 4) is 0 Å². The molecule has 0 aromatic heterocycles. The van der Waals surface area contributed by atoms with Gasteiger partial charge in [0.2, 0.25) is 0 Å². The third-order valence-electron chi connectivity index (χ3n) is 1.40. The van der Waals surface area contributed by atoms with Gasteiger partial charge in [-0.25, -0.2) is 0 Å². The number of rotatable bonds is 0. The SMILES string of the molecule is Nc1ccc2c(c1)SCS2. The summed E-state index contributed by atoms with van der Waals surface area (Å²) in [4.78, 5) is 2.71. The Morgan fingerprint density at radius 3 is 2.90 bits per heavy atom. The standard InChI is InChI=1S/C7H7NS2/c8-5-1-2-6-7(3-5)10-4-9-6/h1-3H,4,8H2. The van der Waals surface area contributed by atoms with E-state index in [1.807, 2.05) is 35.7 Å². The van der Waals surface area contributed by atoms with Crippen molar-refractivity contribution in [2.75, 3.05) is 10.8 Å². The summed E-state index contributed by atoms with van der Waals surface area (Å²) in [7, 11) is 0. The van der Waals surface area contributed by atoms with Crippen molar-refractivity contribution in [1.29, 1.82) is 0 Å². The van der Waals surface area contributed by atoms with Crippen LogP contribution in [0.2, 0.25) is 0 Å². The Labute approximate surface area is 68.4 Å². The summed E-state index contributed by atoms with van der Waals surface area (Å²) in [6.45, 7) is 0. The number of hydrogen-bond acceptors (Lipinski definition) is 3. The van der Waals surface area contributed by atoms with E-state index in [1.165, 1.54) is 9.79 Å². The summed E-state index contributed by atoms with van der Waals surface area (Å²) in [5.41, 5.74) is 6.48. The third kappa shape index (κ3) is 0.995. The molecule has 0 radical (unpaired) electrons. The van der Waals surface area contributed by atoms with Crippen molar-refractivity contribution in [3.63, 3.8) is 0 Å². The lowest BCUT2D eigenvalue weighted by Gasteiger charge is -1.96. The fourth-order valence-corrected chi connectivity index (χ4v) is 3.31. The molecule has 0 unspecified atom stereocenters. The highest BCUT2D eigenvalue weighted by Crippen LogP contribution is 2.42. The van der Waals surface area contributed by atoms with E-state index in [0.717, 1.165) is 10.8 Å². The van der Waals surface area contributed by atoms with Crippen molar-refractivity contribution >= 4 is 29.2 Å². The number of benzene rings is 1. The highest BCUT2D eigenvalue weighted by Gasteiger charge is 2.10. The summed E-state index contributed by atoms with van der Waals surface area (Å²) in [5.74, 6) is 0.